The lowest BCUT2D eigenvalue weighted by Crippen LogP contribution is -2.20. The second-order valence-electron chi connectivity index (χ2n) is 5.28. The van der Waals surface area contributed by atoms with Crippen molar-refractivity contribution in [2.24, 2.45) is 0 Å². The second kappa shape index (κ2) is 8.71. The monoisotopic (exact) mass is 365 g/mol. The first-order valence-electron chi connectivity index (χ1n) is 7.41. The number of hydrogen-bond donors (Lipinski definition) is 1. The zero-order valence-electron chi connectivity index (χ0n) is 13.1. The summed E-state index contributed by atoms with van der Waals surface area (Å²) < 4.78 is 5.44. The molecule has 0 bridgehead atoms. The maximum absolute atomic E-state index is 11.9. The number of anilines is 1. The highest BCUT2D eigenvalue weighted by molar-refractivity contribution is 6.43. The van der Waals surface area contributed by atoms with Gasteiger partial charge < -0.3 is 14.8 Å². The third-order valence-electron chi connectivity index (χ3n) is 3.28. The average molecular weight is 366 g/mol. The second-order valence-corrected chi connectivity index (χ2v) is 6.07. The van der Waals surface area contributed by atoms with Gasteiger partial charge in [0, 0.05) is 6.42 Å². The summed E-state index contributed by atoms with van der Waals surface area (Å²) in [5, 5.41) is 3.31. The SMILES string of the molecule is CC(=O)CCc1ccc(OCC(=O)Nc2cccc(Cl)c2Cl)cc1. The van der Waals surface area contributed by atoms with Crippen molar-refractivity contribution in [1.29, 1.82) is 0 Å². The van der Waals surface area contributed by atoms with Crippen molar-refractivity contribution in [3.8, 4) is 5.75 Å². The van der Waals surface area contributed by atoms with E-state index in [1.54, 1.807) is 37.3 Å². The Morgan fingerprint density at radius 2 is 1.79 bits per heavy atom. The Morgan fingerprint density at radius 3 is 2.46 bits per heavy atom. The third-order valence-corrected chi connectivity index (χ3v) is 4.10. The van der Waals surface area contributed by atoms with Crippen LogP contribution in [0.1, 0.15) is 18.9 Å². The minimum absolute atomic E-state index is 0.143. The lowest BCUT2D eigenvalue weighted by atomic mass is 10.1. The van der Waals surface area contributed by atoms with Gasteiger partial charge in [-0.2, -0.15) is 0 Å². The fourth-order valence-electron chi connectivity index (χ4n) is 2.01. The normalized spacial score (nSPS) is 10.3. The molecule has 0 atom stereocenters. The Balaban J connectivity index is 1.85. The van der Waals surface area contributed by atoms with Crippen LogP contribution >= 0.6 is 23.2 Å². The number of hydrogen-bond acceptors (Lipinski definition) is 3. The van der Waals surface area contributed by atoms with Crippen molar-refractivity contribution in [2.75, 3.05) is 11.9 Å². The summed E-state index contributed by atoms with van der Waals surface area (Å²) >= 11 is 11.9. The van der Waals surface area contributed by atoms with Gasteiger partial charge in [0.05, 0.1) is 15.7 Å². The van der Waals surface area contributed by atoms with Gasteiger partial charge in [0.2, 0.25) is 0 Å². The fourth-order valence-corrected chi connectivity index (χ4v) is 2.36. The van der Waals surface area contributed by atoms with Gasteiger partial charge in [-0.3, -0.25) is 4.79 Å². The summed E-state index contributed by atoms with van der Waals surface area (Å²) in [7, 11) is 0. The molecule has 0 spiro atoms. The largest absolute Gasteiger partial charge is 0.484 e. The number of rotatable bonds is 7. The Labute approximate surface area is 150 Å². The van der Waals surface area contributed by atoms with Gasteiger partial charge in [0.15, 0.2) is 6.61 Å². The predicted octanol–water partition coefficient (Wildman–Crippen LogP) is 4.53. The first kappa shape index (κ1) is 18.3. The van der Waals surface area contributed by atoms with Crippen LogP contribution < -0.4 is 10.1 Å². The molecule has 0 saturated carbocycles. The lowest BCUT2D eigenvalue weighted by Gasteiger charge is -2.10. The van der Waals surface area contributed by atoms with Gasteiger partial charge in [0.1, 0.15) is 11.5 Å². The Bertz CT molecular complexity index is 730. The van der Waals surface area contributed by atoms with Crippen LogP contribution in [0.15, 0.2) is 42.5 Å². The standard InChI is InChI=1S/C18H17Cl2NO3/c1-12(22)5-6-13-7-9-14(10-8-13)24-11-17(23)21-16-4-2-3-15(19)18(16)20/h2-4,7-10H,5-6,11H2,1H3,(H,21,23). The summed E-state index contributed by atoms with van der Waals surface area (Å²) in [4.78, 5) is 22.9. The van der Waals surface area contributed by atoms with Gasteiger partial charge in [-0.25, -0.2) is 0 Å². The van der Waals surface area contributed by atoms with Crippen LogP contribution in [0, 0.1) is 0 Å². The van der Waals surface area contributed by atoms with Crippen LogP contribution in [0.4, 0.5) is 5.69 Å². The Kier molecular flexibility index (Phi) is 6.64. The van der Waals surface area contributed by atoms with E-state index in [2.05, 4.69) is 5.32 Å². The molecular weight excluding hydrogens is 349 g/mol. The summed E-state index contributed by atoms with van der Waals surface area (Å²) in [6.45, 7) is 1.43. The number of ether oxygens (including phenoxy) is 1. The van der Waals surface area contributed by atoms with E-state index in [9.17, 15) is 9.59 Å². The van der Waals surface area contributed by atoms with Crippen LogP contribution in [0.2, 0.25) is 10.0 Å². The molecule has 126 valence electrons. The first-order chi connectivity index (χ1) is 11.5. The molecule has 0 aromatic heterocycles. The maximum Gasteiger partial charge on any atom is 0.262 e. The predicted molar refractivity (Wildman–Crippen MR) is 96.0 cm³/mol. The van der Waals surface area contributed by atoms with E-state index in [0.717, 1.165) is 5.56 Å². The van der Waals surface area contributed by atoms with Crippen molar-refractivity contribution in [2.45, 2.75) is 19.8 Å². The molecule has 0 aliphatic rings. The molecule has 24 heavy (non-hydrogen) atoms. The van der Waals surface area contributed by atoms with Gasteiger partial charge in [0.25, 0.3) is 5.91 Å². The zero-order valence-corrected chi connectivity index (χ0v) is 14.7. The topological polar surface area (TPSA) is 55.4 Å². The molecule has 0 aliphatic heterocycles. The van der Waals surface area contributed by atoms with Crippen molar-refractivity contribution in [3.63, 3.8) is 0 Å². The number of carbonyl (C=O) groups excluding carboxylic acids is 2. The highest BCUT2D eigenvalue weighted by Gasteiger charge is 2.09. The number of amides is 1. The summed E-state index contributed by atoms with van der Waals surface area (Å²) in [6.07, 6.45) is 1.21. The third kappa shape index (κ3) is 5.55. The quantitative estimate of drug-likeness (QED) is 0.783. The van der Waals surface area contributed by atoms with Crippen LogP contribution in [0.25, 0.3) is 0 Å². The average Bonchev–Trinajstić information content (AvgIpc) is 2.56. The van der Waals surface area contributed by atoms with Crippen molar-refractivity contribution < 1.29 is 14.3 Å². The molecule has 0 saturated heterocycles. The summed E-state index contributed by atoms with van der Waals surface area (Å²) in [5.41, 5.74) is 1.49. The molecule has 2 rings (SSSR count). The maximum atomic E-state index is 11.9. The molecule has 6 heteroatoms. The lowest BCUT2D eigenvalue weighted by molar-refractivity contribution is -0.118. The van der Waals surface area contributed by atoms with Gasteiger partial charge >= 0.3 is 0 Å². The molecule has 0 fully saturated rings. The molecule has 2 aromatic carbocycles. The van der Waals surface area contributed by atoms with Crippen molar-refractivity contribution in [1.82, 2.24) is 0 Å². The number of ketones is 1. The highest BCUT2D eigenvalue weighted by Crippen LogP contribution is 2.29. The van der Waals surface area contributed by atoms with Gasteiger partial charge in [-0.15, -0.1) is 0 Å². The molecule has 4 nitrogen and oxygen atoms in total. The molecule has 1 amide bonds. The molecule has 1 N–H and O–H groups in total. The van der Waals surface area contributed by atoms with E-state index in [1.165, 1.54) is 0 Å². The summed E-state index contributed by atoms with van der Waals surface area (Å²) in [6, 6.07) is 12.3. The van der Waals surface area contributed by atoms with Crippen LogP contribution in [0.5, 0.6) is 5.75 Å². The van der Waals surface area contributed by atoms with E-state index in [-0.39, 0.29) is 18.3 Å². The molecule has 0 radical (unpaired) electrons. The van der Waals surface area contributed by atoms with E-state index >= 15 is 0 Å². The van der Waals surface area contributed by atoms with Crippen LogP contribution in [-0.4, -0.2) is 18.3 Å². The number of benzene rings is 2. The molecular formula is C18H17Cl2NO3. The molecule has 2 aromatic rings. The van der Waals surface area contributed by atoms with E-state index < -0.39 is 0 Å². The number of halogens is 2. The molecule has 0 unspecified atom stereocenters. The first-order valence-corrected chi connectivity index (χ1v) is 8.16. The van der Waals surface area contributed by atoms with E-state index in [0.29, 0.717) is 34.3 Å². The number of Topliss-reactive ketones (excluding diaryl/α,β-unsaturated/α-hetero) is 1. The highest BCUT2D eigenvalue weighted by atomic mass is 35.5. The van der Waals surface area contributed by atoms with Crippen molar-refractivity contribution in [3.05, 3.63) is 58.1 Å². The van der Waals surface area contributed by atoms with Crippen molar-refractivity contribution >= 4 is 40.6 Å². The summed E-state index contributed by atoms with van der Waals surface area (Å²) in [5.74, 6) is 0.403. The Morgan fingerprint density at radius 1 is 1.08 bits per heavy atom. The zero-order chi connectivity index (χ0) is 17.5. The van der Waals surface area contributed by atoms with Crippen LogP contribution in [-0.2, 0) is 16.0 Å². The fraction of sp³-hybridized carbons (Fsp3) is 0.222. The van der Waals surface area contributed by atoms with Crippen LogP contribution in [0.3, 0.4) is 0 Å². The number of nitrogens with one attached hydrogen (secondary N) is 1. The Hall–Kier alpha value is -2.04. The molecule has 0 heterocycles. The van der Waals surface area contributed by atoms with E-state index in [4.69, 9.17) is 27.9 Å². The van der Waals surface area contributed by atoms with Gasteiger partial charge in [-0.05, 0) is 43.2 Å². The minimum Gasteiger partial charge on any atom is -0.484 e. The smallest absolute Gasteiger partial charge is 0.262 e. The molecule has 0 aliphatic carbocycles. The minimum atomic E-state index is -0.333. The van der Waals surface area contributed by atoms with Gasteiger partial charge in [-0.1, -0.05) is 41.4 Å². The number of carbonyl (C=O) groups is 2. The van der Waals surface area contributed by atoms with E-state index in [1.807, 2.05) is 12.1 Å². The number of aryl methyl sites for hydroxylation is 1.